The van der Waals surface area contributed by atoms with Crippen LogP contribution in [0.15, 0.2) is 60.8 Å². The van der Waals surface area contributed by atoms with E-state index in [0.29, 0.717) is 19.1 Å². The van der Waals surface area contributed by atoms with E-state index in [0.717, 1.165) is 77.6 Å². The number of ether oxygens (including phenoxy) is 4. The van der Waals surface area contributed by atoms with Crippen LogP contribution < -0.4 is 14.2 Å². The quantitative estimate of drug-likeness (QED) is 0.314. The molecular formula is C33H36N4O5. The molecule has 9 heteroatoms. The zero-order valence-corrected chi connectivity index (χ0v) is 24.6. The van der Waals surface area contributed by atoms with Crippen LogP contribution in [0.5, 0.6) is 17.4 Å². The number of carbonyl (C=O) groups excluding carboxylic acids is 1. The molecule has 2 aromatic heterocycles. The number of rotatable bonds is 5. The van der Waals surface area contributed by atoms with Gasteiger partial charge in [0.15, 0.2) is 11.5 Å². The number of hydrogen-bond donors (Lipinski definition) is 0. The molecule has 2 aromatic carbocycles. The van der Waals surface area contributed by atoms with Gasteiger partial charge in [-0.25, -0.2) is 4.79 Å². The molecule has 42 heavy (non-hydrogen) atoms. The highest BCUT2D eigenvalue weighted by Crippen LogP contribution is 2.42. The highest BCUT2D eigenvalue weighted by Gasteiger charge is 2.53. The summed E-state index contributed by atoms with van der Waals surface area (Å²) in [4.78, 5) is 21.4. The van der Waals surface area contributed by atoms with E-state index in [1.54, 1.807) is 12.0 Å². The van der Waals surface area contributed by atoms with Crippen molar-refractivity contribution in [3.05, 3.63) is 66.4 Å². The van der Waals surface area contributed by atoms with Crippen LogP contribution in [0.2, 0.25) is 0 Å². The Labute approximate surface area is 245 Å². The molecule has 218 valence electrons. The maximum Gasteiger partial charge on any atom is 0.410 e. The molecule has 5 heterocycles. The Bertz CT molecular complexity index is 1660. The standard InChI is InChI=1S/C33H36N4O5/c1-32(2,3)42-31(38)36-20-33(21-36)18-35(19-33)17-23-9-11-29(34-30(23)39-4)37-13-12-25-24(6-5-7-26(25)37)22-8-10-27-28(16-22)41-15-14-40-27/h5-13,16H,14-15,17-21H2,1-4H3. The van der Waals surface area contributed by atoms with Gasteiger partial charge in [0, 0.05) is 55.3 Å². The summed E-state index contributed by atoms with van der Waals surface area (Å²) in [7, 11) is 1.67. The molecular weight excluding hydrogens is 532 g/mol. The van der Waals surface area contributed by atoms with Crippen molar-refractivity contribution in [3.63, 3.8) is 0 Å². The first-order chi connectivity index (χ1) is 20.2. The van der Waals surface area contributed by atoms with E-state index in [1.807, 2.05) is 26.8 Å². The van der Waals surface area contributed by atoms with Crippen molar-refractivity contribution in [2.24, 2.45) is 5.41 Å². The first kappa shape index (κ1) is 26.6. The van der Waals surface area contributed by atoms with Crippen molar-refractivity contribution in [2.45, 2.75) is 32.9 Å². The van der Waals surface area contributed by atoms with Gasteiger partial charge >= 0.3 is 6.09 Å². The molecule has 1 amide bonds. The topological polar surface area (TPSA) is 78.3 Å². The third-order valence-corrected chi connectivity index (χ3v) is 8.17. The number of aromatic nitrogens is 2. The number of hydrogen-bond acceptors (Lipinski definition) is 7. The van der Waals surface area contributed by atoms with Crippen LogP contribution in [-0.2, 0) is 11.3 Å². The number of benzene rings is 2. The molecule has 3 aliphatic heterocycles. The predicted molar refractivity (Wildman–Crippen MR) is 160 cm³/mol. The average Bonchev–Trinajstić information content (AvgIpc) is 3.37. The van der Waals surface area contributed by atoms with Gasteiger partial charge in [-0.15, -0.1) is 0 Å². The Morgan fingerprint density at radius 2 is 1.76 bits per heavy atom. The molecule has 0 unspecified atom stereocenters. The number of nitrogens with zero attached hydrogens (tertiary/aromatic N) is 4. The van der Waals surface area contributed by atoms with Gasteiger partial charge in [0.05, 0.1) is 12.6 Å². The second kappa shape index (κ2) is 9.94. The zero-order chi connectivity index (χ0) is 29.1. The lowest BCUT2D eigenvalue weighted by molar-refractivity contribution is -0.115. The number of carbonyl (C=O) groups is 1. The second-order valence-electron chi connectivity index (χ2n) is 12.6. The molecule has 4 aromatic rings. The summed E-state index contributed by atoms with van der Waals surface area (Å²) in [6.07, 6.45) is 1.84. The van der Waals surface area contributed by atoms with Crippen LogP contribution in [0.1, 0.15) is 26.3 Å². The Morgan fingerprint density at radius 3 is 2.52 bits per heavy atom. The van der Waals surface area contributed by atoms with E-state index in [2.05, 4.69) is 64.2 Å². The number of pyridine rings is 1. The summed E-state index contributed by atoms with van der Waals surface area (Å²) in [5, 5.41) is 1.13. The fourth-order valence-corrected chi connectivity index (χ4v) is 6.39. The Morgan fingerprint density at radius 1 is 0.976 bits per heavy atom. The summed E-state index contributed by atoms with van der Waals surface area (Å²) in [6, 6.07) is 18.7. The number of amides is 1. The average molecular weight is 569 g/mol. The molecule has 7 rings (SSSR count). The largest absolute Gasteiger partial charge is 0.486 e. The molecule has 0 saturated carbocycles. The van der Waals surface area contributed by atoms with Gasteiger partial charge in [-0.2, -0.15) is 4.98 Å². The summed E-state index contributed by atoms with van der Waals surface area (Å²) >= 11 is 0. The van der Waals surface area contributed by atoms with Crippen LogP contribution >= 0.6 is 0 Å². The van der Waals surface area contributed by atoms with Gasteiger partial charge in [-0.05, 0) is 68.3 Å². The summed E-state index contributed by atoms with van der Waals surface area (Å²) in [5.41, 5.74) is 4.03. The Kier molecular flexibility index (Phi) is 6.31. The van der Waals surface area contributed by atoms with Gasteiger partial charge in [0.25, 0.3) is 0 Å². The van der Waals surface area contributed by atoms with E-state index in [4.69, 9.17) is 23.9 Å². The van der Waals surface area contributed by atoms with Gasteiger partial charge in [-0.3, -0.25) is 4.90 Å². The second-order valence-corrected chi connectivity index (χ2v) is 12.6. The molecule has 2 fully saturated rings. The number of likely N-dealkylation sites (tertiary alicyclic amines) is 2. The van der Waals surface area contributed by atoms with E-state index < -0.39 is 5.60 Å². The SMILES string of the molecule is COc1nc(-n2ccc3c(-c4ccc5c(c4)OCCO5)cccc32)ccc1CN1CC2(C1)CN(C(=O)OC(C)(C)C)C2. The van der Waals surface area contributed by atoms with Crippen LogP contribution in [0, 0.1) is 5.41 Å². The van der Waals surface area contributed by atoms with Gasteiger partial charge in [0.2, 0.25) is 5.88 Å². The normalized spacial score (nSPS) is 17.6. The predicted octanol–water partition coefficient (Wildman–Crippen LogP) is 5.53. The van der Waals surface area contributed by atoms with Crippen LogP contribution in [0.25, 0.3) is 27.8 Å². The minimum Gasteiger partial charge on any atom is -0.486 e. The Balaban J connectivity index is 1.06. The molecule has 0 radical (unpaired) electrons. The van der Waals surface area contributed by atoms with E-state index in [1.165, 1.54) is 0 Å². The maximum absolute atomic E-state index is 12.3. The minimum atomic E-state index is -0.469. The smallest absolute Gasteiger partial charge is 0.410 e. The van der Waals surface area contributed by atoms with Crippen LogP contribution in [-0.4, -0.2) is 77.5 Å². The third-order valence-electron chi connectivity index (χ3n) is 8.17. The monoisotopic (exact) mass is 568 g/mol. The summed E-state index contributed by atoms with van der Waals surface area (Å²) in [5.74, 6) is 3.00. The lowest BCUT2D eigenvalue weighted by Crippen LogP contribution is -2.72. The summed E-state index contributed by atoms with van der Waals surface area (Å²) < 4.78 is 24.9. The number of methoxy groups -OCH3 is 1. The molecule has 0 bridgehead atoms. The third kappa shape index (κ3) is 4.81. The van der Waals surface area contributed by atoms with Crippen molar-refractivity contribution in [2.75, 3.05) is 46.5 Å². The fraction of sp³-hybridized carbons (Fsp3) is 0.394. The van der Waals surface area contributed by atoms with Crippen molar-refractivity contribution in [1.82, 2.24) is 19.4 Å². The Hall–Kier alpha value is -4.24. The van der Waals surface area contributed by atoms with Crippen molar-refractivity contribution < 1.29 is 23.7 Å². The van der Waals surface area contributed by atoms with Crippen molar-refractivity contribution in [3.8, 4) is 34.3 Å². The molecule has 2 saturated heterocycles. The lowest BCUT2D eigenvalue weighted by Gasteiger charge is -2.60. The van der Waals surface area contributed by atoms with Gasteiger partial charge < -0.3 is 28.4 Å². The molecule has 9 nitrogen and oxygen atoms in total. The molecule has 0 atom stereocenters. The molecule has 1 spiro atoms. The fourth-order valence-electron chi connectivity index (χ4n) is 6.39. The number of fused-ring (bicyclic) bond motifs is 2. The maximum atomic E-state index is 12.3. The summed E-state index contributed by atoms with van der Waals surface area (Å²) in [6.45, 7) is 11.0. The van der Waals surface area contributed by atoms with Gasteiger partial charge in [0.1, 0.15) is 24.6 Å². The van der Waals surface area contributed by atoms with E-state index in [-0.39, 0.29) is 11.5 Å². The van der Waals surface area contributed by atoms with Crippen LogP contribution in [0.4, 0.5) is 4.79 Å². The first-order valence-electron chi connectivity index (χ1n) is 14.5. The molecule has 0 aliphatic carbocycles. The zero-order valence-electron chi connectivity index (χ0n) is 24.6. The van der Waals surface area contributed by atoms with Crippen LogP contribution in [0.3, 0.4) is 0 Å². The highest BCUT2D eigenvalue weighted by atomic mass is 16.6. The first-order valence-corrected chi connectivity index (χ1v) is 14.5. The molecule has 3 aliphatic rings. The minimum absolute atomic E-state index is 0.177. The van der Waals surface area contributed by atoms with Gasteiger partial charge in [-0.1, -0.05) is 18.2 Å². The van der Waals surface area contributed by atoms with Crippen molar-refractivity contribution in [1.29, 1.82) is 0 Å². The van der Waals surface area contributed by atoms with Crippen molar-refractivity contribution >= 4 is 17.0 Å². The lowest BCUT2D eigenvalue weighted by atomic mass is 9.73. The highest BCUT2D eigenvalue weighted by molar-refractivity contribution is 5.96. The molecule has 0 N–H and O–H groups in total. The van der Waals surface area contributed by atoms with E-state index in [9.17, 15) is 4.79 Å². The van der Waals surface area contributed by atoms with E-state index >= 15 is 0 Å².